The summed E-state index contributed by atoms with van der Waals surface area (Å²) in [5, 5.41) is 7.17. The van der Waals surface area contributed by atoms with Crippen molar-refractivity contribution in [2.75, 3.05) is 13.1 Å². The number of terminal acetylenes is 1. The fraction of sp³-hybridized carbons (Fsp3) is 0.318. The lowest BCUT2D eigenvalue weighted by Gasteiger charge is -2.27. The van der Waals surface area contributed by atoms with E-state index in [1.807, 2.05) is 32.9 Å². The van der Waals surface area contributed by atoms with Gasteiger partial charge in [0.25, 0.3) is 0 Å². The van der Waals surface area contributed by atoms with Gasteiger partial charge in [0.2, 0.25) is 0 Å². The highest BCUT2D eigenvalue weighted by Crippen LogP contribution is 2.21. The summed E-state index contributed by atoms with van der Waals surface area (Å²) in [6, 6.07) is 0. The molecule has 1 heterocycles. The Balaban J connectivity index is 0.00000301. The van der Waals surface area contributed by atoms with Crippen molar-refractivity contribution in [1.82, 2.24) is 10.6 Å². The molecule has 1 aliphatic rings. The summed E-state index contributed by atoms with van der Waals surface area (Å²) in [5.74, 6) is 1.14. The summed E-state index contributed by atoms with van der Waals surface area (Å²) in [6.07, 6.45) is 17.6. The first-order valence-electron chi connectivity index (χ1n) is 8.39. The average Bonchev–Trinajstić information content (AvgIpc) is 2.66. The van der Waals surface area contributed by atoms with Gasteiger partial charge in [-0.15, -0.1) is 12.8 Å². The Morgan fingerprint density at radius 3 is 2.19 bits per heavy atom. The maximum absolute atomic E-state index is 12.2. The van der Waals surface area contributed by atoms with Crippen molar-refractivity contribution in [1.29, 1.82) is 0 Å². The summed E-state index contributed by atoms with van der Waals surface area (Å²) < 4.78 is 0. The molecular formula is C22H29ClN2O. The molecule has 0 radical (unpaired) electrons. The molecule has 0 spiro atoms. The highest BCUT2D eigenvalue weighted by atomic mass is 35.5. The summed E-state index contributed by atoms with van der Waals surface area (Å²) in [4.78, 5) is 12.2. The van der Waals surface area contributed by atoms with Crippen LogP contribution in [0.5, 0.6) is 0 Å². The van der Waals surface area contributed by atoms with E-state index in [-0.39, 0.29) is 5.78 Å². The Labute approximate surface area is 163 Å². The molecule has 1 aliphatic heterocycles. The number of hydrogen-bond donors (Lipinski definition) is 2. The van der Waals surface area contributed by atoms with Crippen molar-refractivity contribution in [2.45, 2.75) is 27.2 Å². The van der Waals surface area contributed by atoms with E-state index in [9.17, 15) is 4.79 Å². The number of carbonyl (C=O) groups excluding carboxylic acids is 1. The molecule has 140 valence electrons. The normalized spacial score (nSPS) is 17.2. The minimum absolute atomic E-state index is 0.00216. The summed E-state index contributed by atoms with van der Waals surface area (Å²) in [7, 11) is 0. The van der Waals surface area contributed by atoms with Gasteiger partial charge in [0.1, 0.15) is 5.82 Å². The molecule has 0 aromatic carbocycles. The Morgan fingerprint density at radius 1 is 1.15 bits per heavy atom. The standard InChI is InChI=1S/C20H27ClN2O.C2H2/c1-6-17(18(21)7-2)10-16-12-22-20(23-13-16)11-19(24)15(5)9-8-14(3)4;1-2/h6-9,11,16,22-23H,1-2,10,12-13H2,3-5H3;1-2H/b15-9+,18-17-,20-11?;. The number of hydrogen-bond acceptors (Lipinski definition) is 3. The molecule has 4 heteroatoms. The molecule has 0 amide bonds. The Kier molecular flexibility index (Phi) is 11.6. The highest BCUT2D eigenvalue weighted by Gasteiger charge is 2.17. The minimum atomic E-state index is 0.00216. The van der Waals surface area contributed by atoms with Crippen LogP contribution in [0.3, 0.4) is 0 Å². The number of allylic oxidation sites excluding steroid dienone is 9. The first kappa shape index (κ1) is 23.6. The molecule has 2 N–H and O–H groups in total. The van der Waals surface area contributed by atoms with Crippen molar-refractivity contribution >= 4 is 17.4 Å². The topological polar surface area (TPSA) is 41.1 Å². The SMILES string of the molecule is C#C.C=C/C(Cl)=C(\C=C)CC1CNC(=CC(=O)/C(C)=C/C=C(C)C)NC1. The second-order valence-electron chi connectivity index (χ2n) is 6.13. The number of ketones is 1. The molecule has 3 nitrogen and oxygen atoms in total. The Morgan fingerprint density at radius 2 is 1.73 bits per heavy atom. The zero-order valence-electron chi connectivity index (χ0n) is 15.9. The summed E-state index contributed by atoms with van der Waals surface area (Å²) in [5.41, 5.74) is 2.86. The van der Waals surface area contributed by atoms with Crippen LogP contribution in [0.2, 0.25) is 0 Å². The van der Waals surface area contributed by atoms with Gasteiger partial charge in [-0.2, -0.15) is 0 Å². The molecule has 0 atom stereocenters. The van der Waals surface area contributed by atoms with Gasteiger partial charge in [0.15, 0.2) is 5.78 Å². The second kappa shape index (κ2) is 12.9. The van der Waals surface area contributed by atoms with Gasteiger partial charge in [0.05, 0.1) is 0 Å². The van der Waals surface area contributed by atoms with Crippen molar-refractivity contribution in [2.24, 2.45) is 5.92 Å². The van der Waals surface area contributed by atoms with Gasteiger partial charge in [-0.3, -0.25) is 4.79 Å². The van der Waals surface area contributed by atoms with E-state index in [2.05, 4.69) is 36.6 Å². The molecule has 0 saturated carbocycles. The maximum Gasteiger partial charge on any atom is 0.185 e. The van der Waals surface area contributed by atoms with E-state index < -0.39 is 0 Å². The Hall–Kier alpha value is -2.44. The molecular weight excluding hydrogens is 344 g/mol. The molecule has 0 aliphatic carbocycles. The van der Waals surface area contributed by atoms with Crippen LogP contribution in [0, 0.1) is 18.8 Å². The van der Waals surface area contributed by atoms with Crippen LogP contribution < -0.4 is 10.6 Å². The predicted octanol–water partition coefficient (Wildman–Crippen LogP) is 4.62. The van der Waals surface area contributed by atoms with Crippen molar-refractivity contribution < 1.29 is 4.79 Å². The van der Waals surface area contributed by atoms with Crippen LogP contribution in [-0.4, -0.2) is 18.9 Å². The van der Waals surface area contributed by atoms with Crippen LogP contribution in [0.15, 0.2) is 71.1 Å². The Bertz CT molecular complexity index is 649. The molecule has 0 aromatic rings. The fourth-order valence-corrected chi connectivity index (χ4v) is 2.38. The number of carbonyl (C=O) groups is 1. The van der Waals surface area contributed by atoms with Gasteiger partial charge in [-0.25, -0.2) is 0 Å². The zero-order chi connectivity index (χ0) is 20.1. The predicted molar refractivity (Wildman–Crippen MR) is 114 cm³/mol. The van der Waals surface area contributed by atoms with Gasteiger partial charge >= 0.3 is 0 Å². The van der Waals surface area contributed by atoms with Crippen molar-refractivity contribution in [3.63, 3.8) is 0 Å². The fourth-order valence-electron chi connectivity index (χ4n) is 2.23. The monoisotopic (exact) mass is 372 g/mol. The third-order valence-electron chi connectivity index (χ3n) is 3.73. The van der Waals surface area contributed by atoms with E-state index in [1.165, 1.54) is 0 Å². The molecule has 1 fully saturated rings. The van der Waals surface area contributed by atoms with E-state index in [1.54, 1.807) is 18.2 Å². The highest BCUT2D eigenvalue weighted by molar-refractivity contribution is 6.31. The second-order valence-corrected chi connectivity index (χ2v) is 6.54. The van der Waals surface area contributed by atoms with E-state index in [4.69, 9.17) is 11.6 Å². The van der Waals surface area contributed by atoms with Crippen LogP contribution in [0.1, 0.15) is 27.2 Å². The molecule has 26 heavy (non-hydrogen) atoms. The number of rotatable bonds is 7. The molecule has 1 saturated heterocycles. The largest absolute Gasteiger partial charge is 0.371 e. The zero-order valence-corrected chi connectivity index (χ0v) is 16.7. The van der Waals surface area contributed by atoms with Crippen molar-refractivity contribution in [3.8, 4) is 12.8 Å². The van der Waals surface area contributed by atoms with E-state index >= 15 is 0 Å². The quantitative estimate of drug-likeness (QED) is 0.389. The van der Waals surface area contributed by atoms with Crippen LogP contribution in [-0.2, 0) is 4.79 Å². The van der Waals surface area contributed by atoms with Crippen molar-refractivity contribution in [3.05, 3.63) is 71.1 Å². The van der Waals surface area contributed by atoms with Gasteiger partial charge < -0.3 is 10.6 Å². The molecule has 0 bridgehead atoms. The van der Waals surface area contributed by atoms with Crippen LogP contribution in [0.25, 0.3) is 0 Å². The average molecular weight is 373 g/mol. The van der Waals surface area contributed by atoms with Crippen LogP contribution in [0.4, 0.5) is 0 Å². The smallest absolute Gasteiger partial charge is 0.185 e. The third-order valence-corrected chi connectivity index (χ3v) is 4.13. The summed E-state index contributed by atoms with van der Waals surface area (Å²) >= 11 is 6.12. The lowest BCUT2D eigenvalue weighted by atomic mass is 9.97. The van der Waals surface area contributed by atoms with Gasteiger partial charge in [-0.1, -0.05) is 54.6 Å². The lowest BCUT2D eigenvalue weighted by molar-refractivity contribution is -0.111. The van der Waals surface area contributed by atoms with Crippen LogP contribution >= 0.6 is 11.6 Å². The maximum atomic E-state index is 12.2. The van der Waals surface area contributed by atoms with Gasteiger partial charge in [0, 0.05) is 24.2 Å². The number of halogens is 1. The van der Waals surface area contributed by atoms with E-state index in [0.29, 0.717) is 16.5 Å². The lowest BCUT2D eigenvalue weighted by Crippen LogP contribution is -2.42. The number of nitrogens with one attached hydrogen (secondary N) is 2. The molecule has 0 aromatic heterocycles. The van der Waals surface area contributed by atoms with Gasteiger partial charge in [-0.05, 0) is 44.3 Å². The first-order chi connectivity index (χ1) is 12.4. The molecule has 1 rings (SSSR count). The summed E-state index contributed by atoms with van der Waals surface area (Å²) in [6.45, 7) is 14.9. The first-order valence-corrected chi connectivity index (χ1v) is 8.77. The third kappa shape index (κ3) is 8.60. The minimum Gasteiger partial charge on any atom is -0.371 e. The molecule has 0 unspecified atom stereocenters. The van der Waals surface area contributed by atoms with E-state index in [0.717, 1.165) is 36.5 Å².